The molecule has 0 unspecified atom stereocenters. The maximum Gasteiger partial charge on any atom is 0.329 e. The molecule has 2 rings (SSSR count). The lowest BCUT2D eigenvalue weighted by molar-refractivity contribution is -0.163. The predicted molar refractivity (Wildman–Crippen MR) is 224 cm³/mol. The average molecular weight is 824 g/mol. The normalized spacial score (nSPS) is 25.2. The minimum absolute atomic E-state index is 0.0634. The zero-order valence-corrected chi connectivity index (χ0v) is 37.2. The number of hydrogen-bond donors (Lipinski definition) is 3. The van der Waals surface area contributed by atoms with Crippen molar-refractivity contribution in [3.63, 3.8) is 0 Å². The Bertz CT molecular complexity index is 1640. The standard InChI is InChI=1S/C44H69N7O8/c1-26(2)21-32-41(55)49(10)30(9)44(58)59-37(19-16-20-45)40(54)48-34(23-28(5)6)43(57)50(11)35(24-29(7)8)38(52)47-33(22-27(3)4)42(56)51(12)36(39(53)46-32)25-31-17-14-13-15-18-31/h13-15,17-18,26-30,32-37H,16,19,21-25H2,1-12H3,(H,46,53)(H,47,52)(H,48,54)/t30-,32-,33-,34-,35-,36-,37+/m0/s1. The Hall–Kier alpha value is -5.00. The van der Waals surface area contributed by atoms with E-state index in [-0.39, 0.29) is 68.6 Å². The third-order valence-corrected chi connectivity index (χ3v) is 10.5. The molecular weight excluding hydrogens is 755 g/mol. The molecule has 15 nitrogen and oxygen atoms in total. The van der Waals surface area contributed by atoms with Crippen LogP contribution in [0.1, 0.15) is 106 Å². The van der Waals surface area contributed by atoms with Crippen molar-refractivity contribution in [2.75, 3.05) is 21.1 Å². The predicted octanol–water partition coefficient (Wildman–Crippen LogP) is 3.60. The van der Waals surface area contributed by atoms with Crippen LogP contribution < -0.4 is 16.0 Å². The highest BCUT2D eigenvalue weighted by Gasteiger charge is 2.40. The minimum atomic E-state index is -1.48. The van der Waals surface area contributed by atoms with Crippen LogP contribution in [0.25, 0.3) is 0 Å². The van der Waals surface area contributed by atoms with Gasteiger partial charge < -0.3 is 35.4 Å². The molecule has 0 bridgehead atoms. The van der Waals surface area contributed by atoms with E-state index in [9.17, 15) is 38.8 Å². The maximum absolute atomic E-state index is 14.6. The number of benzene rings is 1. The highest BCUT2D eigenvalue weighted by Crippen LogP contribution is 2.20. The Morgan fingerprint density at radius 1 is 0.610 bits per heavy atom. The fraction of sp³-hybridized carbons (Fsp3) is 0.682. The largest absolute Gasteiger partial charge is 0.451 e. The third-order valence-electron chi connectivity index (χ3n) is 10.5. The number of likely N-dealkylation sites (N-methyl/N-ethyl adjacent to an activating group) is 3. The summed E-state index contributed by atoms with van der Waals surface area (Å²) in [5.74, 6) is -4.92. The Morgan fingerprint density at radius 2 is 1.02 bits per heavy atom. The third kappa shape index (κ3) is 15.3. The van der Waals surface area contributed by atoms with Crippen LogP contribution in [0, 0.1) is 35.0 Å². The van der Waals surface area contributed by atoms with Gasteiger partial charge in [0.1, 0.15) is 36.3 Å². The van der Waals surface area contributed by atoms with Gasteiger partial charge in [-0.15, -0.1) is 0 Å². The van der Waals surface area contributed by atoms with Crippen molar-refractivity contribution in [3.05, 3.63) is 35.9 Å². The molecule has 1 heterocycles. The number of ether oxygens (including phenoxy) is 1. The van der Waals surface area contributed by atoms with Gasteiger partial charge in [0.2, 0.25) is 29.5 Å². The molecule has 1 aliphatic heterocycles. The number of carbonyl (C=O) groups is 7. The van der Waals surface area contributed by atoms with Gasteiger partial charge in [-0.05, 0) is 61.8 Å². The van der Waals surface area contributed by atoms with Crippen LogP contribution in [-0.4, -0.2) is 120 Å². The van der Waals surface area contributed by atoms with Gasteiger partial charge in [0.15, 0.2) is 6.10 Å². The van der Waals surface area contributed by atoms with E-state index < -0.39 is 83.8 Å². The van der Waals surface area contributed by atoms with Crippen molar-refractivity contribution in [3.8, 4) is 6.07 Å². The summed E-state index contributed by atoms with van der Waals surface area (Å²) in [5, 5.41) is 17.9. The van der Waals surface area contributed by atoms with Gasteiger partial charge in [0.05, 0.1) is 6.07 Å². The Kier molecular flexibility index (Phi) is 20.0. The van der Waals surface area contributed by atoms with E-state index in [2.05, 4.69) is 16.0 Å². The quantitative estimate of drug-likeness (QED) is 0.264. The molecule has 0 radical (unpaired) electrons. The van der Waals surface area contributed by atoms with Gasteiger partial charge >= 0.3 is 5.97 Å². The summed E-state index contributed by atoms with van der Waals surface area (Å²) in [6.07, 6.45) is -0.885. The van der Waals surface area contributed by atoms with Crippen LogP contribution in [0.2, 0.25) is 0 Å². The molecule has 0 aliphatic carbocycles. The summed E-state index contributed by atoms with van der Waals surface area (Å²) < 4.78 is 5.67. The fourth-order valence-electron chi connectivity index (χ4n) is 7.08. The van der Waals surface area contributed by atoms with Crippen LogP contribution in [0.3, 0.4) is 0 Å². The fourth-order valence-corrected chi connectivity index (χ4v) is 7.08. The number of amides is 6. The number of carbonyl (C=O) groups excluding carboxylic acids is 7. The van der Waals surface area contributed by atoms with Gasteiger partial charge in [-0.2, -0.15) is 5.26 Å². The van der Waals surface area contributed by atoms with Gasteiger partial charge in [-0.3, -0.25) is 28.8 Å². The lowest BCUT2D eigenvalue weighted by atomic mass is 9.96. The van der Waals surface area contributed by atoms with Crippen LogP contribution in [0.15, 0.2) is 30.3 Å². The number of hydrogen-bond acceptors (Lipinski definition) is 9. The molecule has 7 atom stereocenters. The van der Waals surface area contributed by atoms with Crippen molar-refractivity contribution < 1.29 is 38.3 Å². The highest BCUT2D eigenvalue weighted by molar-refractivity contribution is 5.97. The van der Waals surface area contributed by atoms with Crippen molar-refractivity contribution in [2.24, 2.45) is 23.7 Å². The van der Waals surface area contributed by atoms with Crippen LogP contribution in [0.4, 0.5) is 0 Å². The Balaban J connectivity index is 2.85. The van der Waals surface area contributed by atoms with Crippen molar-refractivity contribution in [1.82, 2.24) is 30.7 Å². The first-order valence-electron chi connectivity index (χ1n) is 20.9. The lowest BCUT2D eigenvalue weighted by Gasteiger charge is -2.35. The zero-order valence-electron chi connectivity index (χ0n) is 37.2. The summed E-state index contributed by atoms with van der Waals surface area (Å²) in [5.41, 5.74) is 0.754. The van der Waals surface area contributed by atoms with E-state index in [1.807, 2.05) is 91.8 Å². The summed E-state index contributed by atoms with van der Waals surface area (Å²) in [6, 6.07) is 4.36. The number of nitrogens with zero attached hydrogens (tertiary/aromatic N) is 4. The van der Waals surface area contributed by atoms with Crippen molar-refractivity contribution >= 4 is 41.4 Å². The molecule has 0 saturated carbocycles. The molecule has 1 aromatic rings. The number of cyclic esters (lactones) is 1. The van der Waals surface area contributed by atoms with E-state index in [1.54, 1.807) is 0 Å². The average Bonchev–Trinajstić information content (AvgIpc) is 3.16. The molecule has 328 valence electrons. The molecular formula is C44H69N7O8. The Morgan fingerprint density at radius 3 is 1.46 bits per heavy atom. The second-order valence-corrected chi connectivity index (χ2v) is 17.6. The highest BCUT2D eigenvalue weighted by atomic mass is 16.5. The van der Waals surface area contributed by atoms with Gasteiger partial charge in [0.25, 0.3) is 5.91 Å². The van der Waals surface area contributed by atoms with Crippen LogP contribution in [0.5, 0.6) is 0 Å². The van der Waals surface area contributed by atoms with Crippen LogP contribution in [-0.2, 0) is 44.7 Å². The smallest absolute Gasteiger partial charge is 0.329 e. The zero-order chi connectivity index (χ0) is 44.7. The van der Waals surface area contributed by atoms with Crippen molar-refractivity contribution in [2.45, 2.75) is 150 Å². The van der Waals surface area contributed by atoms with E-state index in [1.165, 1.54) is 37.9 Å². The molecule has 0 spiro atoms. The second kappa shape index (κ2) is 23.6. The molecule has 0 aromatic heterocycles. The molecule has 15 heteroatoms. The Labute approximate surface area is 351 Å². The number of nitrogens with one attached hydrogen (secondary N) is 3. The summed E-state index contributed by atoms with van der Waals surface area (Å²) in [6.45, 7) is 16.6. The lowest BCUT2D eigenvalue weighted by Crippen LogP contribution is -2.60. The first-order valence-corrected chi connectivity index (χ1v) is 20.9. The SMILES string of the molecule is CC(C)C[C@@H]1NC(=O)[C@H](Cc2ccccc2)N(C)C(=O)[C@H](CC(C)C)NC(=O)[C@H](CC(C)C)N(C)C(=O)[C@H](CC(C)C)NC(=O)[C@@H](CCC#N)OC(=O)[C@H](C)N(C)C1=O. The number of esters is 1. The number of nitriles is 1. The van der Waals surface area contributed by atoms with Crippen molar-refractivity contribution in [1.29, 1.82) is 5.26 Å². The van der Waals surface area contributed by atoms with E-state index in [0.29, 0.717) is 0 Å². The first kappa shape index (κ1) is 50.1. The molecule has 1 fully saturated rings. The van der Waals surface area contributed by atoms with Crippen LogP contribution >= 0.6 is 0 Å². The molecule has 1 saturated heterocycles. The second-order valence-electron chi connectivity index (χ2n) is 17.6. The van der Waals surface area contributed by atoms with Gasteiger partial charge in [-0.1, -0.05) is 85.7 Å². The molecule has 59 heavy (non-hydrogen) atoms. The molecule has 1 aliphatic rings. The van der Waals surface area contributed by atoms with E-state index in [0.717, 1.165) is 10.5 Å². The summed E-state index contributed by atoms with van der Waals surface area (Å²) in [4.78, 5) is 103. The van der Waals surface area contributed by atoms with Gasteiger partial charge in [-0.25, -0.2) is 4.79 Å². The first-order chi connectivity index (χ1) is 27.6. The monoisotopic (exact) mass is 824 g/mol. The minimum Gasteiger partial charge on any atom is -0.451 e. The van der Waals surface area contributed by atoms with E-state index in [4.69, 9.17) is 4.74 Å². The molecule has 1 aromatic carbocycles. The van der Waals surface area contributed by atoms with E-state index >= 15 is 0 Å². The number of rotatable bonds is 12. The van der Waals surface area contributed by atoms with Gasteiger partial charge in [0, 0.05) is 40.4 Å². The summed E-state index contributed by atoms with van der Waals surface area (Å²) >= 11 is 0. The topological polar surface area (TPSA) is 198 Å². The molecule has 3 N–H and O–H groups in total. The summed E-state index contributed by atoms with van der Waals surface area (Å²) in [7, 11) is 4.37. The molecule has 6 amide bonds. The maximum atomic E-state index is 14.6.